The minimum absolute atomic E-state index is 0.268. The molecule has 1 aromatic rings. The predicted octanol–water partition coefficient (Wildman–Crippen LogP) is 2.62. The van der Waals surface area contributed by atoms with E-state index in [4.69, 9.17) is 4.74 Å². The molecule has 0 fully saturated rings. The molecule has 0 bridgehead atoms. The summed E-state index contributed by atoms with van der Waals surface area (Å²) in [7, 11) is 0. The molecule has 5 nitrogen and oxygen atoms in total. The fourth-order valence-corrected chi connectivity index (χ4v) is 1.03. The standard InChI is InChI=1S/C15H15NO4/c1-10(2)14(17)19-13-7-5-12(6-8-13)9-16-20-15(18)11(3)4/h5-9H,1,3H2,2,4H3. The van der Waals surface area contributed by atoms with Gasteiger partial charge < -0.3 is 9.57 Å². The van der Waals surface area contributed by atoms with Crippen LogP contribution in [-0.4, -0.2) is 18.2 Å². The van der Waals surface area contributed by atoms with Crippen LogP contribution in [0.3, 0.4) is 0 Å². The van der Waals surface area contributed by atoms with Crippen molar-refractivity contribution in [1.82, 2.24) is 0 Å². The fourth-order valence-electron chi connectivity index (χ4n) is 1.03. The molecule has 0 saturated carbocycles. The van der Waals surface area contributed by atoms with Crippen molar-refractivity contribution in [3.8, 4) is 5.75 Å². The Bertz CT molecular complexity index is 570. The van der Waals surface area contributed by atoms with E-state index >= 15 is 0 Å². The van der Waals surface area contributed by atoms with Gasteiger partial charge in [0.1, 0.15) is 5.75 Å². The third kappa shape index (κ3) is 4.89. The van der Waals surface area contributed by atoms with Crippen molar-refractivity contribution < 1.29 is 19.2 Å². The summed E-state index contributed by atoms with van der Waals surface area (Å²) in [6, 6.07) is 6.53. The molecule has 0 atom stereocenters. The van der Waals surface area contributed by atoms with Crippen LogP contribution in [-0.2, 0) is 14.4 Å². The van der Waals surface area contributed by atoms with Gasteiger partial charge in [0.05, 0.1) is 6.21 Å². The minimum Gasteiger partial charge on any atom is -0.423 e. The predicted molar refractivity (Wildman–Crippen MR) is 75.4 cm³/mol. The van der Waals surface area contributed by atoms with Gasteiger partial charge in [-0.1, -0.05) is 18.3 Å². The zero-order valence-corrected chi connectivity index (χ0v) is 11.4. The summed E-state index contributed by atoms with van der Waals surface area (Å²) >= 11 is 0. The first-order valence-corrected chi connectivity index (χ1v) is 5.78. The van der Waals surface area contributed by atoms with Crippen LogP contribution < -0.4 is 4.74 Å². The number of benzene rings is 1. The van der Waals surface area contributed by atoms with Crippen LogP contribution in [0.25, 0.3) is 0 Å². The monoisotopic (exact) mass is 273 g/mol. The molecular weight excluding hydrogens is 258 g/mol. The van der Waals surface area contributed by atoms with Crippen molar-refractivity contribution >= 4 is 18.2 Å². The number of carbonyl (C=O) groups is 2. The number of carbonyl (C=O) groups excluding carboxylic acids is 2. The van der Waals surface area contributed by atoms with Crippen LogP contribution in [0.4, 0.5) is 0 Å². The highest BCUT2D eigenvalue weighted by molar-refractivity contribution is 5.89. The number of hydrogen-bond acceptors (Lipinski definition) is 5. The number of ether oxygens (including phenoxy) is 1. The Morgan fingerprint density at radius 3 is 2.10 bits per heavy atom. The molecule has 0 N–H and O–H groups in total. The van der Waals surface area contributed by atoms with Gasteiger partial charge in [-0.3, -0.25) is 0 Å². The number of nitrogens with zero attached hydrogens (tertiary/aromatic N) is 1. The molecule has 0 unspecified atom stereocenters. The Morgan fingerprint density at radius 2 is 1.60 bits per heavy atom. The van der Waals surface area contributed by atoms with Gasteiger partial charge in [0.15, 0.2) is 0 Å². The third-order valence-electron chi connectivity index (χ3n) is 2.12. The molecule has 0 aromatic heterocycles. The second-order valence-electron chi connectivity index (χ2n) is 4.13. The van der Waals surface area contributed by atoms with Gasteiger partial charge in [-0.05, 0) is 43.7 Å². The maximum Gasteiger partial charge on any atom is 0.360 e. The first-order valence-electron chi connectivity index (χ1n) is 5.78. The second-order valence-corrected chi connectivity index (χ2v) is 4.13. The molecular formula is C15H15NO4. The van der Waals surface area contributed by atoms with Crippen LogP contribution in [0.1, 0.15) is 19.4 Å². The van der Waals surface area contributed by atoms with E-state index in [9.17, 15) is 9.59 Å². The highest BCUT2D eigenvalue weighted by atomic mass is 16.7. The molecule has 0 saturated heterocycles. The normalized spacial score (nSPS) is 10.1. The molecule has 0 aliphatic rings. The Balaban J connectivity index is 2.61. The van der Waals surface area contributed by atoms with Crippen molar-refractivity contribution in [1.29, 1.82) is 0 Å². The summed E-state index contributed by atoms with van der Waals surface area (Å²) in [6.45, 7) is 10.0. The SMILES string of the molecule is C=C(C)C(=O)ON=Cc1ccc(OC(=O)C(=C)C)cc1. The first kappa shape index (κ1) is 15.4. The van der Waals surface area contributed by atoms with Crippen LogP contribution in [0.5, 0.6) is 5.75 Å². The highest BCUT2D eigenvalue weighted by Gasteiger charge is 2.05. The summed E-state index contributed by atoms with van der Waals surface area (Å²) < 4.78 is 5.03. The van der Waals surface area contributed by atoms with Crippen molar-refractivity contribution in [3.05, 3.63) is 54.1 Å². The summed E-state index contributed by atoms with van der Waals surface area (Å²) in [5, 5.41) is 3.52. The maximum absolute atomic E-state index is 11.3. The van der Waals surface area contributed by atoms with E-state index in [1.165, 1.54) is 13.1 Å². The largest absolute Gasteiger partial charge is 0.423 e. The molecule has 0 spiro atoms. The van der Waals surface area contributed by atoms with Crippen molar-refractivity contribution in [3.63, 3.8) is 0 Å². The fraction of sp³-hybridized carbons (Fsp3) is 0.133. The Hall–Kier alpha value is -2.69. The molecule has 1 rings (SSSR count). The summed E-state index contributed by atoms with van der Waals surface area (Å²) in [4.78, 5) is 26.9. The van der Waals surface area contributed by atoms with E-state index in [-0.39, 0.29) is 5.57 Å². The molecule has 0 heterocycles. The van der Waals surface area contributed by atoms with E-state index in [0.717, 1.165) is 0 Å². The quantitative estimate of drug-likeness (QED) is 0.206. The topological polar surface area (TPSA) is 65.0 Å². The third-order valence-corrected chi connectivity index (χ3v) is 2.12. The molecule has 104 valence electrons. The van der Waals surface area contributed by atoms with E-state index in [1.807, 2.05) is 0 Å². The summed E-state index contributed by atoms with van der Waals surface area (Å²) in [6.07, 6.45) is 1.37. The lowest BCUT2D eigenvalue weighted by Gasteiger charge is -2.03. The molecule has 0 amide bonds. The van der Waals surface area contributed by atoms with E-state index < -0.39 is 11.9 Å². The molecule has 5 heteroatoms. The number of hydrogen-bond donors (Lipinski definition) is 0. The second kappa shape index (κ2) is 7.04. The van der Waals surface area contributed by atoms with Crippen molar-refractivity contribution in [2.45, 2.75) is 13.8 Å². The van der Waals surface area contributed by atoms with E-state index in [0.29, 0.717) is 16.9 Å². The summed E-state index contributed by atoms with van der Waals surface area (Å²) in [5.41, 5.74) is 1.28. The van der Waals surface area contributed by atoms with Gasteiger partial charge in [-0.15, -0.1) is 0 Å². The van der Waals surface area contributed by atoms with Gasteiger partial charge in [0.25, 0.3) is 0 Å². The average molecular weight is 273 g/mol. The Labute approximate surface area is 117 Å². The number of rotatable bonds is 5. The van der Waals surface area contributed by atoms with Crippen LogP contribution >= 0.6 is 0 Å². The smallest absolute Gasteiger partial charge is 0.360 e. The lowest BCUT2D eigenvalue weighted by Crippen LogP contribution is -2.08. The van der Waals surface area contributed by atoms with Gasteiger partial charge in [0.2, 0.25) is 0 Å². The van der Waals surface area contributed by atoms with Gasteiger partial charge in [-0.25, -0.2) is 9.59 Å². The minimum atomic E-state index is -0.590. The Kier molecular flexibility index (Phi) is 5.41. The lowest BCUT2D eigenvalue weighted by molar-refractivity contribution is -0.138. The molecule has 1 aromatic carbocycles. The Morgan fingerprint density at radius 1 is 1.05 bits per heavy atom. The van der Waals surface area contributed by atoms with Crippen molar-refractivity contribution in [2.75, 3.05) is 0 Å². The van der Waals surface area contributed by atoms with Crippen LogP contribution in [0.2, 0.25) is 0 Å². The van der Waals surface area contributed by atoms with Crippen LogP contribution in [0.15, 0.2) is 53.7 Å². The van der Waals surface area contributed by atoms with Crippen molar-refractivity contribution in [2.24, 2.45) is 5.16 Å². The van der Waals surface area contributed by atoms with Crippen LogP contribution in [0, 0.1) is 0 Å². The van der Waals surface area contributed by atoms with E-state index in [1.54, 1.807) is 31.2 Å². The number of esters is 1. The van der Waals surface area contributed by atoms with E-state index in [2.05, 4.69) is 23.2 Å². The van der Waals surface area contributed by atoms with Gasteiger partial charge in [-0.2, -0.15) is 0 Å². The lowest BCUT2D eigenvalue weighted by atomic mass is 10.2. The molecule has 20 heavy (non-hydrogen) atoms. The first-order chi connectivity index (χ1) is 9.40. The number of oxime groups is 1. The van der Waals surface area contributed by atoms with Gasteiger partial charge in [0, 0.05) is 11.1 Å². The highest BCUT2D eigenvalue weighted by Crippen LogP contribution is 2.12. The summed E-state index contributed by atoms with van der Waals surface area (Å²) in [5.74, 6) is -0.677. The van der Waals surface area contributed by atoms with Gasteiger partial charge >= 0.3 is 11.9 Å². The average Bonchev–Trinajstić information content (AvgIpc) is 2.40. The molecule has 0 aliphatic carbocycles. The maximum atomic E-state index is 11.3. The zero-order valence-electron chi connectivity index (χ0n) is 11.4. The molecule has 0 aliphatic heterocycles. The zero-order chi connectivity index (χ0) is 15.1. The molecule has 0 radical (unpaired) electrons.